The van der Waals surface area contributed by atoms with Crippen LogP contribution in [0.15, 0.2) is 39.8 Å². The van der Waals surface area contributed by atoms with Gasteiger partial charge in [0.2, 0.25) is 10.0 Å². The SMILES string of the molecule is Cc1nc(-c2ccc(S(=O)(=O)N3CCC[C@@H]3CO)cc2)co1. The average Bonchev–Trinajstić information content (AvgIpc) is 3.16. The van der Waals surface area contributed by atoms with E-state index in [2.05, 4.69) is 4.98 Å². The van der Waals surface area contributed by atoms with Crippen LogP contribution in [0.3, 0.4) is 0 Å². The number of aliphatic hydroxyl groups is 1. The molecule has 1 aliphatic heterocycles. The summed E-state index contributed by atoms with van der Waals surface area (Å²) in [6.07, 6.45) is 3.02. The van der Waals surface area contributed by atoms with Crippen LogP contribution in [-0.2, 0) is 10.0 Å². The predicted molar refractivity (Wildman–Crippen MR) is 80.7 cm³/mol. The number of oxazole rings is 1. The Balaban J connectivity index is 1.89. The quantitative estimate of drug-likeness (QED) is 0.928. The Hall–Kier alpha value is -1.70. The second-order valence-corrected chi connectivity index (χ2v) is 7.26. The van der Waals surface area contributed by atoms with Gasteiger partial charge in [-0.1, -0.05) is 12.1 Å². The molecular weight excluding hydrogens is 304 g/mol. The Labute approximate surface area is 129 Å². The zero-order valence-electron chi connectivity index (χ0n) is 12.3. The highest BCUT2D eigenvalue weighted by atomic mass is 32.2. The second kappa shape index (κ2) is 5.83. The van der Waals surface area contributed by atoms with Crippen LogP contribution in [0.2, 0.25) is 0 Å². The van der Waals surface area contributed by atoms with Gasteiger partial charge in [0.15, 0.2) is 5.89 Å². The molecule has 0 spiro atoms. The molecule has 3 rings (SSSR count). The number of benzene rings is 1. The molecule has 0 saturated carbocycles. The zero-order chi connectivity index (χ0) is 15.7. The van der Waals surface area contributed by atoms with Crippen LogP contribution in [0, 0.1) is 6.92 Å². The fourth-order valence-electron chi connectivity index (χ4n) is 2.74. The third-order valence-corrected chi connectivity index (χ3v) is 5.88. The molecule has 7 heteroatoms. The maximum Gasteiger partial charge on any atom is 0.243 e. The van der Waals surface area contributed by atoms with E-state index in [4.69, 9.17) is 4.42 Å². The lowest BCUT2D eigenvalue weighted by Crippen LogP contribution is -2.37. The maximum atomic E-state index is 12.6. The van der Waals surface area contributed by atoms with Crippen LogP contribution in [0.5, 0.6) is 0 Å². The molecule has 2 aromatic rings. The largest absolute Gasteiger partial charge is 0.449 e. The van der Waals surface area contributed by atoms with Gasteiger partial charge in [-0.05, 0) is 25.0 Å². The summed E-state index contributed by atoms with van der Waals surface area (Å²) in [6.45, 7) is 2.07. The first-order chi connectivity index (χ1) is 10.5. The van der Waals surface area contributed by atoms with Gasteiger partial charge in [-0.2, -0.15) is 4.31 Å². The first-order valence-electron chi connectivity index (χ1n) is 7.17. The van der Waals surface area contributed by atoms with Gasteiger partial charge in [0.1, 0.15) is 12.0 Å². The number of nitrogens with zero attached hydrogens (tertiary/aromatic N) is 2. The lowest BCUT2D eigenvalue weighted by Gasteiger charge is -2.22. The molecule has 118 valence electrons. The van der Waals surface area contributed by atoms with Crippen molar-refractivity contribution < 1.29 is 17.9 Å². The highest BCUT2D eigenvalue weighted by molar-refractivity contribution is 7.89. The van der Waals surface area contributed by atoms with Crippen LogP contribution in [0.25, 0.3) is 11.3 Å². The number of sulfonamides is 1. The Morgan fingerprint density at radius 3 is 2.68 bits per heavy atom. The fourth-order valence-corrected chi connectivity index (χ4v) is 4.42. The van der Waals surface area contributed by atoms with E-state index in [1.165, 1.54) is 4.31 Å². The van der Waals surface area contributed by atoms with Crippen molar-refractivity contribution in [1.29, 1.82) is 0 Å². The summed E-state index contributed by atoms with van der Waals surface area (Å²) in [5.41, 5.74) is 1.48. The fraction of sp³-hybridized carbons (Fsp3) is 0.400. The maximum absolute atomic E-state index is 12.6. The Bertz CT molecular complexity index is 752. The molecule has 1 aromatic carbocycles. The van der Waals surface area contributed by atoms with Crippen LogP contribution < -0.4 is 0 Å². The van der Waals surface area contributed by atoms with Gasteiger partial charge in [-0.15, -0.1) is 0 Å². The van der Waals surface area contributed by atoms with E-state index in [0.29, 0.717) is 24.6 Å². The highest BCUT2D eigenvalue weighted by Gasteiger charge is 2.34. The van der Waals surface area contributed by atoms with E-state index in [-0.39, 0.29) is 17.5 Å². The lowest BCUT2D eigenvalue weighted by atomic mass is 10.2. The van der Waals surface area contributed by atoms with Crippen LogP contribution in [0.4, 0.5) is 0 Å². The van der Waals surface area contributed by atoms with Crippen molar-refractivity contribution in [1.82, 2.24) is 9.29 Å². The van der Waals surface area contributed by atoms with Gasteiger partial charge in [-0.25, -0.2) is 13.4 Å². The third-order valence-electron chi connectivity index (χ3n) is 3.91. The molecule has 0 bridgehead atoms. The summed E-state index contributed by atoms with van der Waals surface area (Å²) >= 11 is 0. The topological polar surface area (TPSA) is 83.6 Å². The molecular formula is C15H18N2O4S. The Morgan fingerprint density at radius 2 is 2.09 bits per heavy atom. The van der Waals surface area contributed by atoms with E-state index >= 15 is 0 Å². The van der Waals surface area contributed by atoms with Gasteiger partial charge < -0.3 is 9.52 Å². The molecule has 1 aliphatic rings. The summed E-state index contributed by atoms with van der Waals surface area (Å²) in [5.74, 6) is 0.564. The average molecular weight is 322 g/mol. The molecule has 0 amide bonds. The first-order valence-corrected chi connectivity index (χ1v) is 8.61. The van der Waals surface area contributed by atoms with Gasteiger partial charge in [0.05, 0.1) is 11.5 Å². The van der Waals surface area contributed by atoms with Crippen molar-refractivity contribution in [2.45, 2.75) is 30.7 Å². The summed E-state index contributed by atoms with van der Waals surface area (Å²) in [7, 11) is -3.56. The van der Waals surface area contributed by atoms with E-state index in [0.717, 1.165) is 12.0 Å². The van der Waals surface area contributed by atoms with Crippen LogP contribution in [0.1, 0.15) is 18.7 Å². The van der Waals surface area contributed by atoms with Gasteiger partial charge in [-0.3, -0.25) is 0 Å². The molecule has 22 heavy (non-hydrogen) atoms. The molecule has 1 aromatic heterocycles. The number of hydrogen-bond donors (Lipinski definition) is 1. The smallest absolute Gasteiger partial charge is 0.243 e. The van der Waals surface area contributed by atoms with E-state index in [9.17, 15) is 13.5 Å². The van der Waals surface area contributed by atoms with Crippen LogP contribution >= 0.6 is 0 Å². The number of hydrogen-bond acceptors (Lipinski definition) is 5. The molecule has 0 aliphatic carbocycles. The number of aliphatic hydroxyl groups excluding tert-OH is 1. The summed E-state index contributed by atoms with van der Waals surface area (Å²) in [5, 5.41) is 9.32. The van der Waals surface area contributed by atoms with E-state index in [1.807, 2.05) is 0 Å². The van der Waals surface area contributed by atoms with E-state index in [1.54, 1.807) is 37.5 Å². The monoisotopic (exact) mass is 322 g/mol. The number of aromatic nitrogens is 1. The third kappa shape index (κ3) is 2.67. The first kappa shape index (κ1) is 15.2. The highest BCUT2D eigenvalue weighted by Crippen LogP contribution is 2.27. The molecule has 1 fully saturated rings. The minimum Gasteiger partial charge on any atom is -0.449 e. The van der Waals surface area contributed by atoms with Crippen molar-refractivity contribution in [2.24, 2.45) is 0 Å². The van der Waals surface area contributed by atoms with Crippen molar-refractivity contribution in [3.63, 3.8) is 0 Å². The Kier molecular flexibility index (Phi) is 4.03. The Morgan fingerprint density at radius 1 is 1.36 bits per heavy atom. The lowest BCUT2D eigenvalue weighted by molar-refractivity contribution is 0.213. The molecule has 1 atom stereocenters. The van der Waals surface area contributed by atoms with Crippen LogP contribution in [-0.4, -0.2) is 42.0 Å². The summed E-state index contributed by atoms with van der Waals surface area (Å²) < 4.78 is 31.8. The molecule has 0 radical (unpaired) electrons. The van der Waals surface area contributed by atoms with Gasteiger partial charge >= 0.3 is 0 Å². The minimum atomic E-state index is -3.56. The molecule has 2 heterocycles. The number of aryl methyl sites for hydroxylation is 1. The predicted octanol–water partition coefficient (Wildman–Crippen LogP) is 1.80. The standard InChI is InChI=1S/C15H18N2O4S/c1-11-16-15(10-21-11)12-4-6-14(7-5-12)22(19,20)17-8-2-3-13(17)9-18/h4-7,10,13,18H,2-3,8-9H2,1H3/t13-/m1/s1. The normalized spacial score (nSPS) is 19.6. The van der Waals surface area contributed by atoms with Crippen molar-refractivity contribution >= 4 is 10.0 Å². The molecule has 0 unspecified atom stereocenters. The van der Waals surface area contributed by atoms with Crippen molar-refractivity contribution in [3.8, 4) is 11.3 Å². The van der Waals surface area contributed by atoms with Gasteiger partial charge in [0.25, 0.3) is 0 Å². The molecule has 6 nitrogen and oxygen atoms in total. The van der Waals surface area contributed by atoms with Crippen molar-refractivity contribution in [3.05, 3.63) is 36.4 Å². The number of rotatable bonds is 4. The molecule has 1 saturated heterocycles. The zero-order valence-corrected chi connectivity index (χ0v) is 13.1. The van der Waals surface area contributed by atoms with Gasteiger partial charge in [0, 0.05) is 25.1 Å². The molecule has 1 N–H and O–H groups in total. The summed E-state index contributed by atoms with van der Waals surface area (Å²) in [6, 6.07) is 6.26. The van der Waals surface area contributed by atoms with Crippen molar-refractivity contribution in [2.75, 3.05) is 13.2 Å². The van der Waals surface area contributed by atoms with E-state index < -0.39 is 10.0 Å². The minimum absolute atomic E-state index is 0.143. The summed E-state index contributed by atoms with van der Waals surface area (Å²) in [4.78, 5) is 4.45. The second-order valence-electron chi connectivity index (χ2n) is 5.37.